The summed E-state index contributed by atoms with van der Waals surface area (Å²) in [6.07, 6.45) is 0. The Kier molecular flexibility index (Phi) is 3.38. The van der Waals surface area contributed by atoms with E-state index in [2.05, 4.69) is 25.3 Å². The number of hydrogen-bond donors (Lipinski definition) is 1. The number of aromatic nitrogens is 2. The molecule has 1 aromatic heterocycles. The third kappa shape index (κ3) is 2.38. The van der Waals surface area contributed by atoms with Gasteiger partial charge in [0.25, 0.3) is 0 Å². The molecule has 0 radical (unpaired) electrons. The summed E-state index contributed by atoms with van der Waals surface area (Å²) in [6, 6.07) is 12.1. The van der Waals surface area contributed by atoms with E-state index < -0.39 is 0 Å². The minimum atomic E-state index is 0.298. The predicted molar refractivity (Wildman–Crippen MR) is 89.7 cm³/mol. The maximum atomic E-state index is 6.09. The second-order valence-corrected chi connectivity index (χ2v) is 6.04. The van der Waals surface area contributed by atoms with Gasteiger partial charge < -0.3 is 10.3 Å². The van der Waals surface area contributed by atoms with Crippen molar-refractivity contribution < 1.29 is 0 Å². The zero-order valence-corrected chi connectivity index (χ0v) is 13.1. The number of benzene rings is 2. The van der Waals surface area contributed by atoms with E-state index in [0.29, 0.717) is 11.1 Å². The quantitative estimate of drug-likeness (QED) is 0.689. The van der Waals surface area contributed by atoms with Crippen molar-refractivity contribution in [3.05, 3.63) is 47.0 Å². The molecule has 21 heavy (non-hydrogen) atoms. The van der Waals surface area contributed by atoms with Gasteiger partial charge in [-0.1, -0.05) is 17.7 Å². The molecule has 108 valence electrons. The Bertz CT molecular complexity index is 818. The second-order valence-electron chi connectivity index (χ2n) is 5.61. The maximum absolute atomic E-state index is 6.09. The Morgan fingerprint density at radius 2 is 1.90 bits per heavy atom. The summed E-state index contributed by atoms with van der Waals surface area (Å²) in [5, 5.41) is 0.701. The lowest BCUT2D eigenvalue weighted by molar-refractivity contribution is 0.624. The first kappa shape index (κ1) is 14.0. The number of nitrogens with zero attached hydrogens (tertiary/aromatic N) is 2. The molecule has 0 atom stereocenters. The van der Waals surface area contributed by atoms with Crippen LogP contribution >= 0.6 is 11.6 Å². The summed E-state index contributed by atoms with van der Waals surface area (Å²) in [6.45, 7) is 6.38. The number of nitrogen functional groups attached to an aromatic ring is 1. The molecule has 3 nitrogen and oxygen atoms in total. The molecule has 0 aliphatic rings. The van der Waals surface area contributed by atoms with E-state index >= 15 is 0 Å². The maximum Gasteiger partial charge on any atom is 0.141 e. The van der Waals surface area contributed by atoms with Crippen LogP contribution in [0.5, 0.6) is 0 Å². The number of hydrogen-bond acceptors (Lipinski definition) is 2. The van der Waals surface area contributed by atoms with Crippen LogP contribution < -0.4 is 5.73 Å². The first-order valence-electron chi connectivity index (χ1n) is 7.01. The highest BCUT2D eigenvalue weighted by atomic mass is 35.5. The van der Waals surface area contributed by atoms with Crippen LogP contribution in [0.1, 0.15) is 25.5 Å². The third-order valence-corrected chi connectivity index (χ3v) is 3.91. The molecule has 0 amide bonds. The van der Waals surface area contributed by atoms with Gasteiger partial charge in [0.2, 0.25) is 0 Å². The van der Waals surface area contributed by atoms with Gasteiger partial charge in [-0.25, -0.2) is 4.98 Å². The normalized spacial score (nSPS) is 11.5. The molecule has 0 aliphatic heterocycles. The molecule has 0 unspecified atom stereocenters. The van der Waals surface area contributed by atoms with E-state index in [0.717, 1.165) is 33.7 Å². The Balaban J connectivity index is 2.36. The van der Waals surface area contributed by atoms with Gasteiger partial charge in [0.15, 0.2) is 0 Å². The highest BCUT2D eigenvalue weighted by Crippen LogP contribution is 2.32. The SMILES string of the molecule is Cc1ccc(N)cc1-c1nc2cc(Cl)ccc2n1C(C)C. The summed E-state index contributed by atoms with van der Waals surface area (Å²) in [4.78, 5) is 4.79. The summed E-state index contributed by atoms with van der Waals surface area (Å²) in [7, 11) is 0. The van der Waals surface area contributed by atoms with E-state index in [9.17, 15) is 0 Å². The second kappa shape index (κ2) is 5.08. The number of halogens is 1. The zero-order valence-electron chi connectivity index (χ0n) is 12.4. The summed E-state index contributed by atoms with van der Waals surface area (Å²) in [5.41, 5.74) is 10.9. The number of imidazole rings is 1. The molecule has 4 heteroatoms. The monoisotopic (exact) mass is 299 g/mol. The molecule has 0 fully saturated rings. The molecule has 0 spiro atoms. The van der Waals surface area contributed by atoms with Crippen molar-refractivity contribution in [2.24, 2.45) is 0 Å². The van der Waals surface area contributed by atoms with Gasteiger partial charge in [0, 0.05) is 22.3 Å². The van der Waals surface area contributed by atoms with Gasteiger partial charge in [0.1, 0.15) is 5.82 Å². The average Bonchev–Trinajstić information content (AvgIpc) is 2.79. The Morgan fingerprint density at radius 1 is 1.14 bits per heavy atom. The zero-order chi connectivity index (χ0) is 15.1. The Morgan fingerprint density at radius 3 is 2.62 bits per heavy atom. The van der Waals surface area contributed by atoms with Crippen molar-refractivity contribution in [3.8, 4) is 11.4 Å². The largest absolute Gasteiger partial charge is 0.399 e. The van der Waals surface area contributed by atoms with Crippen LogP contribution in [-0.2, 0) is 0 Å². The lowest BCUT2D eigenvalue weighted by Gasteiger charge is -2.14. The first-order chi connectivity index (χ1) is 9.97. The van der Waals surface area contributed by atoms with Crippen molar-refractivity contribution in [2.75, 3.05) is 5.73 Å². The van der Waals surface area contributed by atoms with Gasteiger partial charge >= 0.3 is 0 Å². The summed E-state index contributed by atoms with van der Waals surface area (Å²) < 4.78 is 2.23. The lowest BCUT2D eigenvalue weighted by atomic mass is 10.1. The summed E-state index contributed by atoms with van der Waals surface area (Å²) in [5.74, 6) is 0.937. The molecule has 0 bridgehead atoms. The van der Waals surface area contributed by atoms with Crippen LogP contribution in [-0.4, -0.2) is 9.55 Å². The van der Waals surface area contributed by atoms with E-state index in [4.69, 9.17) is 22.3 Å². The molecule has 3 rings (SSSR count). The van der Waals surface area contributed by atoms with Crippen LogP contribution in [0.3, 0.4) is 0 Å². The fourth-order valence-electron chi connectivity index (χ4n) is 2.67. The van der Waals surface area contributed by atoms with Gasteiger partial charge in [-0.15, -0.1) is 0 Å². The first-order valence-corrected chi connectivity index (χ1v) is 7.39. The van der Waals surface area contributed by atoms with Crippen molar-refractivity contribution in [3.63, 3.8) is 0 Å². The van der Waals surface area contributed by atoms with Gasteiger partial charge in [-0.3, -0.25) is 0 Å². The number of nitrogens with two attached hydrogens (primary N) is 1. The molecule has 0 saturated carbocycles. The minimum Gasteiger partial charge on any atom is -0.399 e. The average molecular weight is 300 g/mol. The van der Waals surface area contributed by atoms with Crippen molar-refractivity contribution in [1.82, 2.24) is 9.55 Å². The van der Waals surface area contributed by atoms with E-state index in [1.807, 2.05) is 36.4 Å². The standard InChI is InChI=1S/C17H18ClN3/c1-10(2)21-16-7-5-12(18)8-15(16)20-17(21)14-9-13(19)6-4-11(14)3/h4-10H,19H2,1-3H3. The predicted octanol–water partition coefficient (Wildman–Crippen LogP) is 4.83. The fraction of sp³-hybridized carbons (Fsp3) is 0.235. The van der Waals surface area contributed by atoms with E-state index in [-0.39, 0.29) is 0 Å². The van der Waals surface area contributed by atoms with Crippen LogP contribution in [0, 0.1) is 6.92 Å². The lowest BCUT2D eigenvalue weighted by Crippen LogP contribution is -2.04. The van der Waals surface area contributed by atoms with Crippen LogP contribution in [0.4, 0.5) is 5.69 Å². The topological polar surface area (TPSA) is 43.8 Å². The number of fused-ring (bicyclic) bond motifs is 1. The van der Waals surface area contributed by atoms with Crippen molar-refractivity contribution in [1.29, 1.82) is 0 Å². The minimum absolute atomic E-state index is 0.298. The highest BCUT2D eigenvalue weighted by molar-refractivity contribution is 6.31. The molecule has 2 N–H and O–H groups in total. The molecule has 3 aromatic rings. The van der Waals surface area contributed by atoms with Crippen LogP contribution in [0.15, 0.2) is 36.4 Å². The van der Waals surface area contributed by atoms with Crippen molar-refractivity contribution >= 4 is 28.3 Å². The molecular weight excluding hydrogens is 282 g/mol. The fourth-order valence-corrected chi connectivity index (χ4v) is 2.83. The summed E-state index contributed by atoms with van der Waals surface area (Å²) >= 11 is 6.09. The molecule has 1 heterocycles. The van der Waals surface area contributed by atoms with Gasteiger partial charge in [-0.05, 0) is 56.7 Å². The Hall–Kier alpha value is -2.00. The van der Waals surface area contributed by atoms with Gasteiger partial charge in [0.05, 0.1) is 11.0 Å². The van der Waals surface area contributed by atoms with Crippen LogP contribution in [0.25, 0.3) is 22.4 Å². The van der Waals surface area contributed by atoms with Crippen LogP contribution in [0.2, 0.25) is 5.02 Å². The number of aryl methyl sites for hydroxylation is 1. The molecule has 0 saturated heterocycles. The van der Waals surface area contributed by atoms with E-state index in [1.165, 1.54) is 0 Å². The van der Waals surface area contributed by atoms with Crippen molar-refractivity contribution in [2.45, 2.75) is 26.8 Å². The van der Waals surface area contributed by atoms with E-state index in [1.54, 1.807) is 0 Å². The molecule has 2 aromatic carbocycles. The third-order valence-electron chi connectivity index (χ3n) is 3.67. The number of rotatable bonds is 2. The molecular formula is C17H18ClN3. The molecule has 0 aliphatic carbocycles. The Labute approximate surface area is 129 Å². The van der Waals surface area contributed by atoms with Gasteiger partial charge in [-0.2, -0.15) is 0 Å². The number of anilines is 1. The highest BCUT2D eigenvalue weighted by Gasteiger charge is 2.16. The smallest absolute Gasteiger partial charge is 0.141 e.